The van der Waals surface area contributed by atoms with E-state index in [1.165, 1.54) is 19.3 Å². The Morgan fingerprint density at radius 2 is 2.08 bits per heavy atom. The molecule has 0 aliphatic carbocycles. The van der Waals surface area contributed by atoms with Gasteiger partial charge in [0.25, 0.3) is 5.91 Å². The van der Waals surface area contributed by atoms with Crippen molar-refractivity contribution in [3.8, 4) is 17.6 Å². The molecule has 0 radical (unpaired) electrons. The van der Waals surface area contributed by atoms with E-state index in [0.717, 1.165) is 11.1 Å². The predicted molar refractivity (Wildman–Crippen MR) is 100 cm³/mol. The number of phenolic OH excluding ortho intramolecular Hbond substituents is 1. The minimum atomic E-state index is -0.515. The molecule has 2 aromatic rings. The van der Waals surface area contributed by atoms with Crippen molar-refractivity contribution in [1.29, 1.82) is 5.26 Å². The number of phenols is 1. The van der Waals surface area contributed by atoms with Crippen molar-refractivity contribution in [2.45, 2.75) is 13.8 Å². The number of ether oxygens (including phenoxy) is 1. The van der Waals surface area contributed by atoms with Gasteiger partial charge in [-0.2, -0.15) is 5.26 Å². The maximum Gasteiger partial charge on any atom is 0.266 e. The minimum Gasteiger partial charge on any atom is -0.504 e. The van der Waals surface area contributed by atoms with Gasteiger partial charge in [-0.3, -0.25) is 4.79 Å². The molecule has 6 heteroatoms. The van der Waals surface area contributed by atoms with Crippen LogP contribution in [0.2, 0.25) is 0 Å². The van der Waals surface area contributed by atoms with Gasteiger partial charge in [-0.25, -0.2) is 0 Å². The quantitative estimate of drug-likeness (QED) is 0.590. The number of nitrogens with zero attached hydrogens (tertiary/aromatic N) is 1. The summed E-state index contributed by atoms with van der Waals surface area (Å²) in [5.74, 6) is -0.301. The fourth-order valence-electron chi connectivity index (χ4n) is 2.21. The second-order valence-corrected chi connectivity index (χ2v) is 6.27. The smallest absolute Gasteiger partial charge is 0.266 e. The van der Waals surface area contributed by atoms with Crippen molar-refractivity contribution in [3.63, 3.8) is 0 Å². The van der Waals surface area contributed by atoms with Gasteiger partial charge in [0.15, 0.2) is 11.5 Å². The zero-order chi connectivity index (χ0) is 18.6. The maximum absolute atomic E-state index is 12.4. The van der Waals surface area contributed by atoms with Crippen LogP contribution in [0.5, 0.6) is 11.5 Å². The molecule has 0 aliphatic rings. The van der Waals surface area contributed by atoms with Gasteiger partial charge < -0.3 is 15.2 Å². The Balaban J connectivity index is 2.35. The Bertz CT molecular complexity index is 898. The molecule has 0 atom stereocenters. The van der Waals surface area contributed by atoms with E-state index in [0.29, 0.717) is 21.5 Å². The van der Waals surface area contributed by atoms with E-state index in [-0.39, 0.29) is 11.3 Å². The molecule has 5 nitrogen and oxygen atoms in total. The summed E-state index contributed by atoms with van der Waals surface area (Å²) >= 11 is 3.34. The lowest BCUT2D eigenvalue weighted by Crippen LogP contribution is -2.14. The summed E-state index contributed by atoms with van der Waals surface area (Å²) in [6, 6.07) is 10.5. The van der Waals surface area contributed by atoms with Gasteiger partial charge in [0.05, 0.1) is 7.11 Å². The SMILES string of the molecule is COc1cc(Br)c(/C=C(\C#N)C(=O)Nc2cccc(C)c2C)cc1O. The lowest BCUT2D eigenvalue weighted by Gasteiger charge is -2.10. The molecule has 2 rings (SSSR count). The summed E-state index contributed by atoms with van der Waals surface area (Å²) in [4.78, 5) is 12.4. The van der Waals surface area contributed by atoms with Gasteiger partial charge in [-0.05, 0) is 54.8 Å². The molecule has 128 valence electrons. The predicted octanol–water partition coefficient (Wildman–Crippen LogP) is 4.33. The number of hydrogen-bond acceptors (Lipinski definition) is 4. The first kappa shape index (κ1) is 18.6. The summed E-state index contributed by atoms with van der Waals surface area (Å²) in [7, 11) is 1.44. The van der Waals surface area contributed by atoms with E-state index in [2.05, 4.69) is 21.2 Å². The monoisotopic (exact) mass is 400 g/mol. The number of amides is 1. The van der Waals surface area contributed by atoms with Crippen LogP contribution < -0.4 is 10.1 Å². The lowest BCUT2D eigenvalue weighted by atomic mass is 10.1. The highest BCUT2D eigenvalue weighted by Gasteiger charge is 2.14. The Morgan fingerprint density at radius 3 is 2.72 bits per heavy atom. The van der Waals surface area contributed by atoms with E-state index < -0.39 is 5.91 Å². The highest BCUT2D eigenvalue weighted by Crippen LogP contribution is 2.33. The number of hydrogen-bond donors (Lipinski definition) is 2. The first-order chi connectivity index (χ1) is 11.9. The van der Waals surface area contributed by atoms with Crippen molar-refractivity contribution in [2.75, 3.05) is 12.4 Å². The molecular weight excluding hydrogens is 384 g/mol. The summed E-state index contributed by atoms with van der Waals surface area (Å²) < 4.78 is 5.61. The summed E-state index contributed by atoms with van der Waals surface area (Å²) in [5.41, 5.74) is 3.06. The van der Waals surface area contributed by atoms with Crippen LogP contribution in [0.25, 0.3) is 6.08 Å². The molecule has 0 bridgehead atoms. The number of nitrogens with one attached hydrogen (secondary N) is 1. The number of benzene rings is 2. The highest BCUT2D eigenvalue weighted by atomic mass is 79.9. The molecule has 0 fully saturated rings. The molecule has 0 spiro atoms. The van der Waals surface area contributed by atoms with Crippen LogP contribution in [0.1, 0.15) is 16.7 Å². The molecule has 0 saturated carbocycles. The van der Waals surface area contributed by atoms with Crippen LogP contribution in [0.15, 0.2) is 40.4 Å². The first-order valence-electron chi connectivity index (χ1n) is 7.43. The third-order valence-electron chi connectivity index (χ3n) is 3.82. The molecule has 0 saturated heterocycles. The number of methoxy groups -OCH3 is 1. The normalized spacial score (nSPS) is 10.9. The summed E-state index contributed by atoms with van der Waals surface area (Å²) in [5, 5.41) is 22.0. The Labute approximate surface area is 154 Å². The standard InChI is InChI=1S/C19H17BrN2O3/c1-11-5-4-6-16(12(11)2)22-19(24)14(10-21)7-13-8-17(23)18(25-3)9-15(13)20/h4-9,23H,1-3H3,(H,22,24)/b14-7+. The highest BCUT2D eigenvalue weighted by molar-refractivity contribution is 9.10. The van der Waals surface area contributed by atoms with Crippen molar-refractivity contribution >= 4 is 33.6 Å². The fourth-order valence-corrected chi connectivity index (χ4v) is 2.65. The Morgan fingerprint density at radius 1 is 1.36 bits per heavy atom. The number of carbonyl (C=O) groups excluding carboxylic acids is 1. The van der Waals surface area contributed by atoms with Gasteiger partial charge >= 0.3 is 0 Å². The van der Waals surface area contributed by atoms with Crippen molar-refractivity contribution < 1.29 is 14.6 Å². The first-order valence-corrected chi connectivity index (χ1v) is 8.22. The number of rotatable bonds is 4. The van der Waals surface area contributed by atoms with Gasteiger partial charge in [0, 0.05) is 10.2 Å². The second kappa shape index (κ2) is 7.86. The molecule has 0 unspecified atom stereocenters. The van der Waals surface area contributed by atoms with E-state index in [1.807, 2.05) is 32.0 Å². The lowest BCUT2D eigenvalue weighted by molar-refractivity contribution is -0.112. The van der Waals surface area contributed by atoms with Crippen LogP contribution in [0, 0.1) is 25.2 Å². The van der Waals surface area contributed by atoms with Crippen LogP contribution in [-0.4, -0.2) is 18.1 Å². The number of anilines is 1. The molecular formula is C19H17BrN2O3. The zero-order valence-corrected chi connectivity index (χ0v) is 15.6. The number of aryl methyl sites for hydroxylation is 1. The molecule has 0 aliphatic heterocycles. The molecule has 25 heavy (non-hydrogen) atoms. The number of nitriles is 1. The Kier molecular flexibility index (Phi) is 5.84. The van der Waals surface area contributed by atoms with E-state index in [4.69, 9.17) is 4.74 Å². The van der Waals surface area contributed by atoms with Crippen LogP contribution in [0.3, 0.4) is 0 Å². The molecule has 2 aromatic carbocycles. The third-order valence-corrected chi connectivity index (χ3v) is 4.50. The number of aromatic hydroxyl groups is 1. The topological polar surface area (TPSA) is 82.3 Å². The van der Waals surface area contributed by atoms with Gasteiger partial charge in [-0.15, -0.1) is 0 Å². The average Bonchev–Trinajstić information content (AvgIpc) is 2.59. The molecule has 2 N–H and O–H groups in total. The van der Waals surface area contributed by atoms with Gasteiger partial charge in [0.1, 0.15) is 11.6 Å². The Hall–Kier alpha value is -2.78. The van der Waals surface area contributed by atoms with Crippen molar-refractivity contribution in [3.05, 3.63) is 57.1 Å². The van der Waals surface area contributed by atoms with Crippen LogP contribution in [-0.2, 0) is 4.79 Å². The maximum atomic E-state index is 12.4. The van der Waals surface area contributed by atoms with E-state index in [9.17, 15) is 15.2 Å². The number of halogens is 1. The summed E-state index contributed by atoms with van der Waals surface area (Å²) in [6.07, 6.45) is 1.41. The molecule has 0 aromatic heterocycles. The second-order valence-electron chi connectivity index (χ2n) is 5.42. The van der Waals surface area contributed by atoms with Gasteiger partial charge in [0.2, 0.25) is 0 Å². The average molecular weight is 401 g/mol. The third kappa shape index (κ3) is 4.20. The summed E-state index contributed by atoms with van der Waals surface area (Å²) in [6.45, 7) is 3.85. The fraction of sp³-hybridized carbons (Fsp3) is 0.158. The molecule has 0 heterocycles. The van der Waals surface area contributed by atoms with Crippen molar-refractivity contribution in [2.24, 2.45) is 0 Å². The van der Waals surface area contributed by atoms with E-state index in [1.54, 1.807) is 12.1 Å². The van der Waals surface area contributed by atoms with Crippen LogP contribution in [0.4, 0.5) is 5.69 Å². The molecule has 1 amide bonds. The van der Waals surface area contributed by atoms with Crippen LogP contribution >= 0.6 is 15.9 Å². The van der Waals surface area contributed by atoms with E-state index >= 15 is 0 Å². The zero-order valence-electron chi connectivity index (χ0n) is 14.1. The number of carbonyl (C=O) groups is 1. The van der Waals surface area contributed by atoms with Crippen molar-refractivity contribution in [1.82, 2.24) is 0 Å². The minimum absolute atomic E-state index is 0.0776. The van der Waals surface area contributed by atoms with Gasteiger partial charge in [-0.1, -0.05) is 28.1 Å². The largest absolute Gasteiger partial charge is 0.504 e.